The number of carbonyl (C=O) groups is 1. The Kier molecular flexibility index (Phi) is 6.71. The minimum Gasteiger partial charge on any atom is -0.493 e. The van der Waals surface area contributed by atoms with Crippen LogP contribution in [0.5, 0.6) is 11.5 Å². The average Bonchev–Trinajstić information content (AvgIpc) is 3.25. The lowest BCUT2D eigenvalue weighted by Crippen LogP contribution is -2.79. The van der Waals surface area contributed by atoms with Gasteiger partial charge >= 0.3 is 5.97 Å². The van der Waals surface area contributed by atoms with Crippen molar-refractivity contribution in [2.24, 2.45) is 5.92 Å². The molecule has 0 radical (unpaired) electrons. The monoisotopic (exact) mass is 568 g/mol. The molecule has 216 valence electrons. The van der Waals surface area contributed by atoms with E-state index in [-0.39, 0.29) is 23.7 Å². The highest BCUT2D eigenvalue weighted by Gasteiger charge is 2.75. The first-order chi connectivity index (χ1) is 19.0. The third-order valence-electron chi connectivity index (χ3n) is 9.65. The molecular formula is C31H40N2O6S. The first kappa shape index (κ1) is 27.5. The summed E-state index contributed by atoms with van der Waals surface area (Å²) >= 11 is 0. The molecular weight excluding hydrogens is 528 g/mol. The Morgan fingerprint density at radius 2 is 1.93 bits per heavy atom. The Hall–Kier alpha value is -2.62. The van der Waals surface area contributed by atoms with Gasteiger partial charge in [-0.3, -0.25) is 9.69 Å². The van der Waals surface area contributed by atoms with Gasteiger partial charge in [0.2, 0.25) is 10.0 Å². The molecule has 40 heavy (non-hydrogen) atoms. The van der Waals surface area contributed by atoms with Crippen LogP contribution in [0.1, 0.15) is 56.7 Å². The van der Waals surface area contributed by atoms with Gasteiger partial charge in [-0.05, 0) is 62.4 Å². The van der Waals surface area contributed by atoms with E-state index in [9.17, 15) is 13.2 Å². The summed E-state index contributed by atoms with van der Waals surface area (Å²) in [6.45, 7) is 6.77. The van der Waals surface area contributed by atoms with E-state index < -0.39 is 33.2 Å². The maximum absolute atomic E-state index is 14.2. The Morgan fingerprint density at radius 3 is 2.60 bits per heavy atom. The minimum absolute atomic E-state index is 0.0245. The Bertz CT molecular complexity index is 1410. The Labute approximate surface area is 237 Å². The predicted octanol–water partition coefficient (Wildman–Crippen LogP) is 3.91. The van der Waals surface area contributed by atoms with Crippen LogP contribution in [0.4, 0.5) is 0 Å². The smallest absolute Gasteiger partial charge is 0.303 e. The second-order valence-electron chi connectivity index (χ2n) is 12.4. The van der Waals surface area contributed by atoms with Gasteiger partial charge in [0, 0.05) is 19.0 Å². The number of sulfonamides is 1. The van der Waals surface area contributed by atoms with E-state index >= 15 is 0 Å². The average molecular weight is 569 g/mol. The summed E-state index contributed by atoms with van der Waals surface area (Å²) in [6.07, 6.45) is 2.04. The van der Waals surface area contributed by atoms with Crippen LogP contribution in [-0.2, 0) is 37.1 Å². The van der Waals surface area contributed by atoms with Crippen molar-refractivity contribution >= 4 is 16.0 Å². The number of rotatable bonds is 8. The second kappa shape index (κ2) is 9.74. The van der Waals surface area contributed by atoms with E-state index in [1.807, 2.05) is 50.2 Å². The summed E-state index contributed by atoms with van der Waals surface area (Å²) in [5.74, 6) is 1.05. The van der Waals surface area contributed by atoms with Gasteiger partial charge in [-0.1, -0.05) is 50.2 Å². The van der Waals surface area contributed by atoms with E-state index in [0.29, 0.717) is 37.3 Å². The number of likely N-dealkylation sites (N-methyl/N-ethyl adjacent to an activating group) is 1. The zero-order chi connectivity index (χ0) is 28.4. The van der Waals surface area contributed by atoms with Crippen LogP contribution < -0.4 is 9.47 Å². The maximum atomic E-state index is 14.2. The highest BCUT2D eigenvalue weighted by Crippen LogP contribution is 2.67. The molecule has 0 amide bonds. The molecule has 2 bridgehead atoms. The normalized spacial score (nSPS) is 30.6. The number of nitrogens with zero attached hydrogens (tertiary/aromatic N) is 2. The standard InChI is InChI=1S/C31H40N2O6S/c1-20(2)18-33(40(35,36)19-22-9-7-6-8-10-22)24-13-14-31(39-21(3)34)26-17-23-11-12-25(37-5)28-27(23)30(31,29(24)38-28)15-16-32(26)4/h6-12,20,24,26,29H,13-19H2,1-5H3/t24-,26-,29+,30+,31-/m1/s1. The molecule has 2 heterocycles. The number of carbonyl (C=O) groups excluding carboxylic acids is 1. The molecule has 1 saturated heterocycles. The van der Waals surface area contributed by atoms with Crippen molar-refractivity contribution < 1.29 is 27.4 Å². The van der Waals surface area contributed by atoms with Gasteiger partial charge in [-0.15, -0.1) is 0 Å². The summed E-state index contributed by atoms with van der Waals surface area (Å²) in [7, 11) is 0.0327. The van der Waals surface area contributed by atoms with Crippen LogP contribution in [0.3, 0.4) is 0 Å². The lowest BCUT2D eigenvalue weighted by Gasteiger charge is -2.65. The van der Waals surface area contributed by atoms with Crippen molar-refractivity contribution in [1.82, 2.24) is 9.21 Å². The van der Waals surface area contributed by atoms with Gasteiger partial charge in [0.1, 0.15) is 11.7 Å². The molecule has 0 N–H and O–H groups in total. The zero-order valence-electron chi connectivity index (χ0n) is 24.1. The molecule has 2 fully saturated rings. The number of hydrogen-bond donors (Lipinski definition) is 0. The van der Waals surface area contributed by atoms with E-state index in [1.54, 1.807) is 11.4 Å². The van der Waals surface area contributed by atoms with Gasteiger partial charge in [0.15, 0.2) is 11.5 Å². The molecule has 2 aromatic carbocycles. The van der Waals surface area contributed by atoms with Crippen LogP contribution in [-0.4, -0.2) is 74.6 Å². The summed E-state index contributed by atoms with van der Waals surface area (Å²) < 4.78 is 49.3. The fourth-order valence-corrected chi connectivity index (χ4v) is 10.2. The van der Waals surface area contributed by atoms with Gasteiger partial charge in [0.05, 0.1) is 30.4 Å². The van der Waals surface area contributed by atoms with Crippen molar-refractivity contribution in [1.29, 1.82) is 0 Å². The van der Waals surface area contributed by atoms with Gasteiger partial charge in [-0.25, -0.2) is 8.42 Å². The van der Waals surface area contributed by atoms with Gasteiger partial charge in [-0.2, -0.15) is 4.31 Å². The fraction of sp³-hybridized carbons (Fsp3) is 0.581. The molecule has 9 heteroatoms. The van der Waals surface area contributed by atoms with Crippen LogP contribution in [0.2, 0.25) is 0 Å². The SMILES string of the molecule is COc1ccc2c3c1O[C@H]1[C@H](N(CC(C)C)S(=O)(=O)Cc4ccccc4)CC[C@@]4(OC(C)=O)[C@@H](C2)N(C)CC[C@]314. The van der Waals surface area contributed by atoms with Crippen LogP contribution in [0, 0.1) is 5.92 Å². The van der Waals surface area contributed by atoms with E-state index in [2.05, 4.69) is 18.0 Å². The van der Waals surface area contributed by atoms with Crippen LogP contribution >= 0.6 is 0 Å². The zero-order valence-corrected chi connectivity index (χ0v) is 24.9. The molecule has 8 nitrogen and oxygen atoms in total. The molecule has 6 rings (SSSR count). The summed E-state index contributed by atoms with van der Waals surface area (Å²) in [4.78, 5) is 15.1. The molecule has 5 atom stereocenters. The summed E-state index contributed by atoms with van der Waals surface area (Å²) in [6, 6.07) is 13.0. The van der Waals surface area contributed by atoms with Crippen molar-refractivity contribution in [2.75, 3.05) is 27.2 Å². The maximum Gasteiger partial charge on any atom is 0.303 e. The van der Waals surface area contributed by atoms with E-state index in [4.69, 9.17) is 14.2 Å². The van der Waals surface area contributed by atoms with Crippen molar-refractivity contribution in [3.8, 4) is 11.5 Å². The van der Waals surface area contributed by atoms with Crippen molar-refractivity contribution in [3.05, 3.63) is 59.2 Å². The number of likely N-dealkylation sites (tertiary alicyclic amines) is 1. The fourth-order valence-electron chi connectivity index (χ4n) is 8.29. The third-order valence-corrected chi connectivity index (χ3v) is 11.5. The Balaban J connectivity index is 1.53. The molecule has 4 aliphatic rings. The van der Waals surface area contributed by atoms with Gasteiger partial charge < -0.3 is 14.2 Å². The molecule has 2 aromatic rings. The summed E-state index contributed by atoms with van der Waals surface area (Å²) in [5.41, 5.74) is 1.49. The molecule has 2 aliphatic carbocycles. The number of ether oxygens (including phenoxy) is 3. The topological polar surface area (TPSA) is 85.4 Å². The van der Waals surface area contributed by atoms with Crippen molar-refractivity contribution in [2.45, 2.75) is 81.4 Å². The lowest BCUT2D eigenvalue weighted by atomic mass is 9.48. The van der Waals surface area contributed by atoms with Gasteiger partial charge in [0.25, 0.3) is 0 Å². The number of piperidine rings is 1. The molecule has 0 aromatic heterocycles. The quantitative estimate of drug-likeness (QED) is 0.447. The lowest BCUT2D eigenvalue weighted by molar-refractivity contribution is -0.219. The largest absolute Gasteiger partial charge is 0.493 e. The second-order valence-corrected chi connectivity index (χ2v) is 14.3. The number of hydrogen-bond acceptors (Lipinski definition) is 7. The van der Waals surface area contributed by atoms with E-state index in [1.165, 1.54) is 12.5 Å². The highest BCUT2D eigenvalue weighted by atomic mass is 32.2. The number of esters is 1. The van der Waals surface area contributed by atoms with Crippen LogP contribution in [0.25, 0.3) is 0 Å². The van der Waals surface area contributed by atoms with E-state index in [0.717, 1.165) is 24.1 Å². The molecule has 2 aliphatic heterocycles. The van der Waals surface area contributed by atoms with Crippen molar-refractivity contribution in [3.63, 3.8) is 0 Å². The first-order valence-corrected chi connectivity index (χ1v) is 16.0. The molecule has 1 spiro atoms. The van der Waals surface area contributed by atoms with Crippen LogP contribution in [0.15, 0.2) is 42.5 Å². The third kappa shape index (κ3) is 3.91. The minimum atomic E-state index is -3.70. The molecule has 1 saturated carbocycles. The number of benzene rings is 2. The summed E-state index contributed by atoms with van der Waals surface area (Å²) in [5, 5.41) is 0. The highest BCUT2D eigenvalue weighted by molar-refractivity contribution is 7.88. The number of methoxy groups -OCH3 is 1. The first-order valence-electron chi connectivity index (χ1n) is 14.3. The molecule has 0 unspecified atom stereocenters. The Morgan fingerprint density at radius 1 is 1.18 bits per heavy atom. The predicted molar refractivity (Wildman–Crippen MR) is 152 cm³/mol.